The lowest BCUT2D eigenvalue weighted by atomic mass is 9.61. The Bertz CT molecular complexity index is 2130. The fourth-order valence-electron chi connectivity index (χ4n) is 9.69. The third kappa shape index (κ3) is 3.86. The lowest BCUT2D eigenvalue weighted by Crippen LogP contribution is -2.54. The van der Waals surface area contributed by atoms with Crippen LogP contribution < -0.4 is 9.64 Å². The summed E-state index contributed by atoms with van der Waals surface area (Å²) in [7, 11) is 1.76. The van der Waals surface area contributed by atoms with E-state index < -0.39 is 5.41 Å². The third-order valence-corrected chi connectivity index (χ3v) is 12.2. The van der Waals surface area contributed by atoms with Gasteiger partial charge >= 0.3 is 0 Å². The first-order chi connectivity index (χ1) is 23.5. The van der Waals surface area contributed by atoms with Crippen LogP contribution in [0.1, 0.15) is 67.3 Å². The maximum absolute atomic E-state index is 5.69. The van der Waals surface area contributed by atoms with Crippen molar-refractivity contribution < 1.29 is 4.74 Å². The summed E-state index contributed by atoms with van der Waals surface area (Å²) in [4.78, 5) is 2.63. The predicted molar refractivity (Wildman–Crippen MR) is 199 cm³/mol. The summed E-state index contributed by atoms with van der Waals surface area (Å²) in [6, 6.07) is 54.3. The standard InChI is InChI=1S/C46H41NO/c1-44-27-12-13-28-45(44,2)47(36-19-14-20-37(31-36)48-3)43-26-24-33(30-42(43)44)32-23-25-39-38-21-10-11-22-40(38)46(41(39)29-32,34-15-6-4-7-16-34)35-17-8-5-9-18-35/h4-11,14-26,29-31H,12-13,27-28H2,1-3H3. The highest BCUT2D eigenvalue weighted by Gasteiger charge is 2.57. The van der Waals surface area contributed by atoms with Crippen LogP contribution in [0.5, 0.6) is 5.75 Å². The van der Waals surface area contributed by atoms with Crippen LogP contribution in [0, 0.1) is 0 Å². The van der Waals surface area contributed by atoms with Gasteiger partial charge in [0.15, 0.2) is 0 Å². The minimum atomic E-state index is -0.404. The number of ether oxygens (including phenoxy) is 1. The van der Waals surface area contributed by atoms with Gasteiger partial charge in [0.2, 0.25) is 0 Å². The third-order valence-electron chi connectivity index (χ3n) is 12.2. The minimum Gasteiger partial charge on any atom is -0.497 e. The second-order valence-corrected chi connectivity index (χ2v) is 14.4. The molecule has 2 heteroatoms. The second-order valence-electron chi connectivity index (χ2n) is 14.4. The van der Waals surface area contributed by atoms with E-state index >= 15 is 0 Å². The van der Waals surface area contributed by atoms with Gasteiger partial charge in [-0.1, -0.05) is 129 Å². The van der Waals surface area contributed by atoms with Crippen LogP contribution in [0.4, 0.5) is 11.4 Å². The van der Waals surface area contributed by atoms with Gasteiger partial charge < -0.3 is 9.64 Å². The molecule has 1 fully saturated rings. The van der Waals surface area contributed by atoms with Crippen molar-refractivity contribution in [2.24, 2.45) is 0 Å². The van der Waals surface area contributed by atoms with E-state index in [0.717, 1.165) is 5.75 Å². The largest absolute Gasteiger partial charge is 0.497 e. The molecule has 2 nitrogen and oxygen atoms in total. The topological polar surface area (TPSA) is 12.5 Å². The quantitative estimate of drug-likeness (QED) is 0.189. The average molecular weight is 624 g/mol. The Morgan fingerprint density at radius 1 is 0.542 bits per heavy atom. The Balaban J connectivity index is 1.25. The van der Waals surface area contributed by atoms with Gasteiger partial charge in [0, 0.05) is 22.9 Å². The Labute approximate surface area is 284 Å². The Hall–Kier alpha value is -5.08. The molecule has 0 saturated heterocycles. The first-order valence-electron chi connectivity index (χ1n) is 17.4. The van der Waals surface area contributed by atoms with Crippen molar-refractivity contribution in [3.8, 4) is 28.0 Å². The van der Waals surface area contributed by atoms with Gasteiger partial charge in [0.1, 0.15) is 5.75 Å². The molecule has 0 N–H and O–H groups in total. The summed E-state index contributed by atoms with van der Waals surface area (Å²) in [6.45, 7) is 5.01. The number of benzene rings is 6. The molecule has 236 valence electrons. The second kappa shape index (κ2) is 10.7. The number of rotatable bonds is 5. The average Bonchev–Trinajstić information content (AvgIpc) is 3.55. The number of anilines is 2. The molecule has 0 aromatic heterocycles. The molecule has 6 aromatic carbocycles. The molecule has 1 saturated carbocycles. The van der Waals surface area contributed by atoms with Crippen molar-refractivity contribution in [3.63, 3.8) is 0 Å². The van der Waals surface area contributed by atoms with Crippen LogP contribution in [0.25, 0.3) is 22.3 Å². The summed E-state index contributed by atoms with van der Waals surface area (Å²) in [5.41, 5.74) is 14.1. The smallest absolute Gasteiger partial charge is 0.120 e. The zero-order valence-corrected chi connectivity index (χ0v) is 28.0. The van der Waals surface area contributed by atoms with Crippen molar-refractivity contribution in [2.45, 2.75) is 55.9 Å². The SMILES string of the molecule is COc1cccc(N2c3ccc(-c4ccc5c(c4)C(c4ccccc4)(c4ccccc4)c4ccccc4-5)cc3C3(C)CCCCC23C)c1. The molecule has 3 aliphatic rings. The van der Waals surface area contributed by atoms with Crippen LogP contribution in [0.3, 0.4) is 0 Å². The van der Waals surface area contributed by atoms with E-state index in [-0.39, 0.29) is 11.0 Å². The summed E-state index contributed by atoms with van der Waals surface area (Å²) in [6.07, 6.45) is 4.86. The molecule has 0 radical (unpaired) electrons. The summed E-state index contributed by atoms with van der Waals surface area (Å²) >= 11 is 0. The Kier molecular flexibility index (Phi) is 6.50. The van der Waals surface area contributed by atoms with Crippen LogP contribution >= 0.6 is 0 Å². The van der Waals surface area contributed by atoms with Crippen molar-refractivity contribution in [1.82, 2.24) is 0 Å². The highest BCUT2D eigenvalue weighted by molar-refractivity contribution is 5.89. The summed E-state index contributed by atoms with van der Waals surface area (Å²) in [5, 5.41) is 0. The maximum Gasteiger partial charge on any atom is 0.120 e. The van der Waals surface area contributed by atoms with Crippen LogP contribution in [0.15, 0.2) is 146 Å². The van der Waals surface area contributed by atoms with Crippen molar-refractivity contribution in [2.75, 3.05) is 12.0 Å². The van der Waals surface area contributed by atoms with Crippen LogP contribution in [-0.2, 0) is 10.8 Å². The molecule has 1 heterocycles. The zero-order chi connectivity index (χ0) is 32.5. The maximum atomic E-state index is 5.69. The van der Waals surface area contributed by atoms with Crippen molar-refractivity contribution in [1.29, 1.82) is 0 Å². The molecule has 0 amide bonds. The minimum absolute atomic E-state index is 0.0199. The van der Waals surface area contributed by atoms with Gasteiger partial charge in [-0.2, -0.15) is 0 Å². The van der Waals surface area contributed by atoms with Crippen LogP contribution in [0.2, 0.25) is 0 Å². The van der Waals surface area contributed by atoms with Gasteiger partial charge in [-0.25, -0.2) is 0 Å². The molecular weight excluding hydrogens is 583 g/mol. The van der Waals surface area contributed by atoms with Crippen molar-refractivity contribution >= 4 is 11.4 Å². The first kappa shape index (κ1) is 29.1. The van der Waals surface area contributed by atoms with Gasteiger partial charge in [-0.05, 0) is 100 Å². The van der Waals surface area contributed by atoms with Gasteiger partial charge in [-0.15, -0.1) is 0 Å². The Morgan fingerprint density at radius 3 is 1.90 bits per heavy atom. The number of fused-ring (bicyclic) bond motifs is 6. The molecule has 0 spiro atoms. The van der Waals surface area contributed by atoms with E-state index in [1.807, 2.05) is 6.07 Å². The number of hydrogen-bond acceptors (Lipinski definition) is 2. The lowest BCUT2D eigenvalue weighted by Gasteiger charge is -2.50. The van der Waals surface area contributed by atoms with Gasteiger partial charge in [0.25, 0.3) is 0 Å². The van der Waals surface area contributed by atoms with E-state index in [1.165, 1.54) is 87.1 Å². The molecule has 2 unspecified atom stereocenters. The fraction of sp³-hybridized carbons (Fsp3) is 0.217. The predicted octanol–water partition coefficient (Wildman–Crippen LogP) is 11.5. The Morgan fingerprint density at radius 2 is 1.17 bits per heavy atom. The van der Waals surface area contributed by atoms with Crippen LogP contribution in [-0.4, -0.2) is 12.6 Å². The number of methoxy groups -OCH3 is 1. The monoisotopic (exact) mass is 623 g/mol. The molecule has 48 heavy (non-hydrogen) atoms. The summed E-state index contributed by atoms with van der Waals surface area (Å²) < 4.78 is 5.69. The highest BCUT2D eigenvalue weighted by atomic mass is 16.5. The van der Waals surface area contributed by atoms with E-state index in [0.29, 0.717) is 0 Å². The molecule has 2 aliphatic carbocycles. The van der Waals surface area contributed by atoms with E-state index in [4.69, 9.17) is 4.74 Å². The molecule has 9 rings (SSSR count). The molecule has 2 atom stereocenters. The highest BCUT2D eigenvalue weighted by Crippen LogP contribution is 2.62. The van der Waals surface area contributed by atoms with Crippen molar-refractivity contribution in [3.05, 3.63) is 173 Å². The van der Waals surface area contributed by atoms with Gasteiger partial charge in [0.05, 0.1) is 18.1 Å². The number of hydrogen-bond donors (Lipinski definition) is 0. The zero-order valence-electron chi connectivity index (χ0n) is 28.0. The normalized spacial score (nSPS) is 21.6. The molecule has 0 bridgehead atoms. The summed E-state index contributed by atoms with van der Waals surface area (Å²) in [5.74, 6) is 0.901. The van der Waals surface area contributed by atoms with E-state index in [2.05, 4.69) is 158 Å². The van der Waals surface area contributed by atoms with E-state index in [1.54, 1.807) is 7.11 Å². The fourth-order valence-corrected chi connectivity index (χ4v) is 9.69. The lowest BCUT2D eigenvalue weighted by molar-refractivity contribution is 0.195. The molecule has 1 aliphatic heterocycles. The van der Waals surface area contributed by atoms with E-state index in [9.17, 15) is 0 Å². The first-order valence-corrected chi connectivity index (χ1v) is 17.4. The molecular formula is C46H41NO. The van der Waals surface area contributed by atoms with Gasteiger partial charge in [-0.3, -0.25) is 0 Å². The number of nitrogens with zero attached hydrogens (tertiary/aromatic N) is 1. The molecule has 6 aromatic rings.